The molecule has 0 radical (unpaired) electrons. The van der Waals surface area contributed by atoms with Gasteiger partial charge < -0.3 is 9.64 Å². The van der Waals surface area contributed by atoms with Crippen LogP contribution in [0, 0.1) is 0 Å². The lowest BCUT2D eigenvalue weighted by molar-refractivity contribution is 0.415. The first-order valence-electron chi connectivity index (χ1n) is 6.35. The molecule has 0 N–H and O–H groups in total. The third-order valence-corrected chi connectivity index (χ3v) is 3.43. The molecule has 0 aliphatic heterocycles. The zero-order chi connectivity index (χ0) is 14.8. The van der Waals surface area contributed by atoms with Crippen molar-refractivity contribution in [2.45, 2.75) is 0 Å². The lowest BCUT2D eigenvalue weighted by atomic mass is 10.1. The van der Waals surface area contributed by atoms with E-state index in [1.54, 1.807) is 25.4 Å². The van der Waals surface area contributed by atoms with Crippen molar-refractivity contribution in [2.24, 2.45) is 0 Å². The van der Waals surface area contributed by atoms with Gasteiger partial charge in [-0.3, -0.25) is 0 Å². The van der Waals surface area contributed by atoms with E-state index in [9.17, 15) is 0 Å². The monoisotopic (exact) mass is 300 g/mol. The molecule has 3 rings (SSSR count). The Morgan fingerprint density at radius 1 is 1.10 bits per heavy atom. The van der Waals surface area contributed by atoms with E-state index in [0.29, 0.717) is 11.0 Å². The number of halogens is 1. The first-order valence-corrected chi connectivity index (χ1v) is 6.72. The maximum Gasteiger partial charge on any atom is 0.156 e. The van der Waals surface area contributed by atoms with Crippen LogP contribution in [-0.2, 0) is 0 Å². The Balaban J connectivity index is 2.12. The number of hydrogen-bond donors (Lipinski definition) is 0. The summed E-state index contributed by atoms with van der Waals surface area (Å²) in [7, 11) is 3.53. The van der Waals surface area contributed by atoms with Gasteiger partial charge in [-0.1, -0.05) is 17.7 Å². The molecule has 21 heavy (non-hydrogen) atoms. The van der Waals surface area contributed by atoms with E-state index in [0.717, 1.165) is 22.3 Å². The third-order valence-electron chi connectivity index (χ3n) is 3.23. The minimum Gasteiger partial charge on any atom is -0.497 e. The number of aromatic nitrogens is 3. The molecule has 0 atom stereocenters. The molecule has 0 aliphatic carbocycles. The minimum absolute atomic E-state index is 0.361. The maximum absolute atomic E-state index is 5.77. The Labute approximate surface area is 127 Å². The molecular weight excluding hydrogens is 288 g/mol. The van der Waals surface area contributed by atoms with Crippen LogP contribution in [-0.4, -0.2) is 29.3 Å². The first-order chi connectivity index (χ1) is 10.2. The Kier molecular flexibility index (Phi) is 3.58. The number of methoxy groups -OCH3 is 1. The number of rotatable bonds is 3. The van der Waals surface area contributed by atoms with E-state index < -0.39 is 0 Å². The summed E-state index contributed by atoms with van der Waals surface area (Å²) in [5, 5.41) is 10.4. The molecule has 0 fully saturated rings. The van der Waals surface area contributed by atoms with Crippen LogP contribution in [0.3, 0.4) is 0 Å². The Morgan fingerprint density at radius 2 is 1.95 bits per heavy atom. The minimum atomic E-state index is 0.361. The quantitative estimate of drug-likeness (QED) is 0.741. The average molecular weight is 301 g/mol. The van der Waals surface area contributed by atoms with Crippen LogP contribution in [0.15, 0.2) is 42.6 Å². The summed E-state index contributed by atoms with van der Waals surface area (Å²) in [6.45, 7) is 0. The predicted molar refractivity (Wildman–Crippen MR) is 83.4 cm³/mol. The van der Waals surface area contributed by atoms with Crippen LogP contribution < -0.4 is 9.64 Å². The molecule has 0 aliphatic rings. The Hall–Kier alpha value is -2.40. The van der Waals surface area contributed by atoms with Gasteiger partial charge in [-0.2, -0.15) is 0 Å². The Morgan fingerprint density at radius 3 is 2.67 bits per heavy atom. The van der Waals surface area contributed by atoms with Gasteiger partial charge in [0.2, 0.25) is 0 Å². The van der Waals surface area contributed by atoms with Gasteiger partial charge in [0.15, 0.2) is 11.0 Å². The number of nitrogens with zero attached hydrogens (tertiary/aromatic N) is 4. The van der Waals surface area contributed by atoms with Gasteiger partial charge in [0.25, 0.3) is 0 Å². The van der Waals surface area contributed by atoms with Gasteiger partial charge >= 0.3 is 0 Å². The molecule has 0 spiro atoms. The third kappa shape index (κ3) is 2.60. The molecular formula is C15H13ClN4O. The second kappa shape index (κ2) is 5.54. The molecule has 106 valence electrons. The van der Waals surface area contributed by atoms with Crippen LogP contribution in [0.1, 0.15) is 0 Å². The highest BCUT2D eigenvalue weighted by atomic mass is 35.5. The second-order valence-corrected chi connectivity index (χ2v) is 4.88. The fourth-order valence-corrected chi connectivity index (χ4v) is 2.22. The molecule has 0 amide bonds. The van der Waals surface area contributed by atoms with Gasteiger partial charge in [-0.15, -0.1) is 10.2 Å². The van der Waals surface area contributed by atoms with Crippen molar-refractivity contribution in [3.05, 3.63) is 47.7 Å². The summed E-state index contributed by atoms with van der Waals surface area (Å²) in [6, 6.07) is 11.3. The predicted octanol–water partition coefficient (Wildman–Crippen LogP) is 3.45. The first kappa shape index (κ1) is 13.6. The maximum atomic E-state index is 5.77. The number of fused-ring (bicyclic) bond motifs is 1. The molecule has 2 aromatic heterocycles. The summed E-state index contributed by atoms with van der Waals surface area (Å²) in [6.07, 6.45) is 1.77. The van der Waals surface area contributed by atoms with E-state index >= 15 is 0 Å². The van der Waals surface area contributed by atoms with Crippen molar-refractivity contribution in [1.29, 1.82) is 0 Å². The van der Waals surface area contributed by atoms with Gasteiger partial charge in [-0.25, -0.2) is 4.98 Å². The van der Waals surface area contributed by atoms with Crippen LogP contribution in [0.25, 0.3) is 10.8 Å². The molecule has 5 nitrogen and oxygen atoms in total. The molecule has 0 bridgehead atoms. The summed E-state index contributed by atoms with van der Waals surface area (Å²) >= 11 is 5.77. The van der Waals surface area contributed by atoms with Crippen molar-refractivity contribution in [3.63, 3.8) is 0 Å². The molecule has 6 heteroatoms. The highest BCUT2D eigenvalue weighted by Gasteiger charge is 2.12. The summed E-state index contributed by atoms with van der Waals surface area (Å²) in [5.41, 5.74) is 0. The smallest absolute Gasteiger partial charge is 0.156 e. The highest BCUT2D eigenvalue weighted by Crippen LogP contribution is 2.30. The van der Waals surface area contributed by atoms with Crippen molar-refractivity contribution >= 4 is 34.0 Å². The number of pyridine rings is 1. The SMILES string of the molecule is COc1ccc2ccnc(N(C)c3ccc(Cl)nn3)c2c1. The molecule has 3 aromatic rings. The van der Waals surface area contributed by atoms with Gasteiger partial charge in [0.05, 0.1) is 7.11 Å². The van der Waals surface area contributed by atoms with Gasteiger partial charge in [0, 0.05) is 18.6 Å². The van der Waals surface area contributed by atoms with Crippen molar-refractivity contribution in [2.75, 3.05) is 19.1 Å². The average Bonchev–Trinajstić information content (AvgIpc) is 2.54. The van der Waals surface area contributed by atoms with E-state index in [4.69, 9.17) is 16.3 Å². The van der Waals surface area contributed by atoms with Gasteiger partial charge in [0.1, 0.15) is 11.6 Å². The topological polar surface area (TPSA) is 51.1 Å². The zero-order valence-corrected chi connectivity index (χ0v) is 12.4. The fraction of sp³-hybridized carbons (Fsp3) is 0.133. The number of hydrogen-bond acceptors (Lipinski definition) is 5. The lowest BCUT2D eigenvalue weighted by Gasteiger charge is -2.18. The normalized spacial score (nSPS) is 10.6. The number of anilines is 2. The Bertz CT molecular complexity index is 776. The van der Waals surface area contributed by atoms with Crippen LogP contribution in [0.5, 0.6) is 5.75 Å². The van der Waals surface area contributed by atoms with Crippen molar-refractivity contribution < 1.29 is 4.74 Å². The van der Waals surface area contributed by atoms with Crippen LogP contribution in [0.4, 0.5) is 11.6 Å². The standard InChI is InChI=1S/C15H13ClN4O/c1-20(14-6-5-13(16)18-19-14)15-12-9-11(21-2)4-3-10(12)7-8-17-15/h3-9H,1-2H3. The summed E-state index contributed by atoms with van der Waals surface area (Å²) < 4.78 is 5.29. The number of benzene rings is 1. The molecule has 0 unspecified atom stereocenters. The van der Waals surface area contributed by atoms with E-state index in [2.05, 4.69) is 15.2 Å². The zero-order valence-electron chi connectivity index (χ0n) is 11.6. The largest absolute Gasteiger partial charge is 0.497 e. The van der Waals surface area contributed by atoms with Crippen molar-refractivity contribution in [3.8, 4) is 5.75 Å². The molecule has 2 heterocycles. The van der Waals surface area contributed by atoms with E-state index in [1.165, 1.54) is 0 Å². The molecule has 0 saturated carbocycles. The fourth-order valence-electron chi connectivity index (χ4n) is 2.12. The van der Waals surface area contributed by atoms with Gasteiger partial charge in [-0.05, 0) is 35.7 Å². The number of ether oxygens (including phenoxy) is 1. The lowest BCUT2D eigenvalue weighted by Crippen LogP contribution is -2.13. The summed E-state index contributed by atoms with van der Waals surface area (Å²) in [4.78, 5) is 6.32. The summed E-state index contributed by atoms with van der Waals surface area (Å²) in [5.74, 6) is 2.23. The second-order valence-electron chi connectivity index (χ2n) is 4.49. The van der Waals surface area contributed by atoms with E-state index in [-0.39, 0.29) is 0 Å². The van der Waals surface area contributed by atoms with Crippen molar-refractivity contribution in [1.82, 2.24) is 15.2 Å². The van der Waals surface area contributed by atoms with E-state index in [1.807, 2.05) is 36.2 Å². The molecule has 0 saturated heterocycles. The molecule has 1 aromatic carbocycles. The van der Waals surface area contributed by atoms with Crippen LogP contribution in [0.2, 0.25) is 5.15 Å². The highest BCUT2D eigenvalue weighted by molar-refractivity contribution is 6.29. The van der Waals surface area contributed by atoms with Crippen LogP contribution >= 0.6 is 11.6 Å².